The van der Waals surface area contributed by atoms with Crippen LogP contribution in [0, 0.1) is 0 Å². The maximum Gasteiger partial charge on any atom is 0.300 e. The monoisotopic (exact) mass is 410 g/mol. The number of H-pyrrole nitrogens is 1. The topological polar surface area (TPSA) is 111 Å². The Balaban J connectivity index is 1.49. The number of benzene rings is 2. The van der Waals surface area contributed by atoms with Crippen molar-refractivity contribution in [2.45, 2.75) is 6.42 Å². The number of fused-ring (bicyclic) bond motifs is 1. The van der Waals surface area contributed by atoms with Crippen molar-refractivity contribution < 1.29 is 4.74 Å². The van der Waals surface area contributed by atoms with E-state index in [1.807, 2.05) is 24.4 Å². The van der Waals surface area contributed by atoms with Crippen molar-refractivity contribution in [2.75, 3.05) is 24.8 Å². The van der Waals surface area contributed by atoms with Gasteiger partial charge in [-0.2, -0.15) is 4.68 Å². The summed E-state index contributed by atoms with van der Waals surface area (Å²) in [4.78, 5) is 15.8. The second kappa shape index (κ2) is 7.84. The normalized spacial score (nSPS) is 11.0. The number of aromatic nitrogens is 4. The van der Waals surface area contributed by atoms with E-state index in [0.29, 0.717) is 29.3 Å². The Morgan fingerprint density at radius 3 is 2.76 bits per heavy atom. The van der Waals surface area contributed by atoms with Crippen LogP contribution >= 0.6 is 11.6 Å². The van der Waals surface area contributed by atoms with Crippen LogP contribution in [0.1, 0.15) is 5.56 Å². The number of nitrogens with zero attached hydrogens (tertiary/aromatic N) is 3. The van der Waals surface area contributed by atoms with Crippen molar-refractivity contribution >= 4 is 28.5 Å². The van der Waals surface area contributed by atoms with Crippen molar-refractivity contribution in [3.8, 4) is 17.0 Å². The highest BCUT2D eigenvalue weighted by Crippen LogP contribution is 2.23. The van der Waals surface area contributed by atoms with Gasteiger partial charge in [-0.1, -0.05) is 11.6 Å². The molecule has 9 heteroatoms. The number of anilines is 1. The highest BCUT2D eigenvalue weighted by atomic mass is 35.5. The zero-order valence-corrected chi connectivity index (χ0v) is 16.4. The predicted molar refractivity (Wildman–Crippen MR) is 114 cm³/mol. The molecule has 0 amide bonds. The zero-order chi connectivity index (χ0) is 20.4. The molecule has 8 nitrogen and oxygen atoms in total. The molecule has 2 aromatic carbocycles. The Morgan fingerprint density at radius 2 is 2.00 bits per heavy atom. The molecule has 4 aromatic rings. The lowest BCUT2D eigenvalue weighted by atomic mass is 10.1. The van der Waals surface area contributed by atoms with Gasteiger partial charge in [-0.3, -0.25) is 4.79 Å². The maximum absolute atomic E-state index is 12.6. The van der Waals surface area contributed by atoms with Gasteiger partial charge in [0, 0.05) is 34.2 Å². The van der Waals surface area contributed by atoms with E-state index in [1.54, 1.807) is 31.4 Å². The molecule has 0 unspecified atom stereocenters. The molecule has 4 rings (SSSR count). The number of methoxy groups -OCH3 is 1. The summed E-state index contributed by atoms with van der Waals surface area (Å²) >= 11 is 6.09. The third-order valence-electron chi connectivity index (χ3n) is 4.66. The molecule has 0 fully saturated rings. The quantitative estimate of drug-likeness (QED) is 0.421. The van der Waals surface area contributed by atoms with Gasteiger partial charge >= 0.3 is 0 Å². The number of ether oxygens (including phenoxy) is 1. The van der Waals surface area contributed by atoms with Gasteiger partial charge in [0.05, 0.1) is 7.11 Å². The van der Waals surface area contributed by atoms with Crippen molar-refractivity contribution in [1.82, 2.24) is 19.9 Å². The van der Waals surface area contributed by atoms with E-state index >= 15 is 0 Å². The molecule has 0 aliphatic heterocycles. The lowest BCUT2D eigenvalue weighted by Gasteiger charge is -2.10. The molecule has 148 valence electrons. The molecule has 4 N–H and O–H groups in total. The minimum absolute atomic E-state index is 0.173. The van der Waals surface area contributed by atoms with Crippen LogP contribution in [-0.4, -0.2) is 33.5 Å². The summed E-state index contributed by atoms with van der Waals surface area (Å²) in [7, 11) is 1.58. The number of halogens is 1. The molecular formula is C20H19ClN6O2. The number of nitrogens with one attached hydrogen (secondary N) is 2. The van der Waals surface area contributed by atoms with E-state index in [0.717, 1.165) is 21.1 Å². The van der Waals surface area contributed by atoms with E-state index in [4.69, 9.17) is 22.2 Å². The minimum atomic E-state index is -0.438. The Kier molecular flexibility index (Phi) is 5.09. The van der Waals surface area contributed by atoms with Gasteiger partial charge < -0.3 is 20.9 Å². The van der Waals surface area contributed by atoms with Gasteiger partial charge in [-0.15, -0.1) is 10.2 Å². The van der Waals surface area contributed by atoms with Crippen LogP contribution in [0.3, 0.4) is 0 Å². The summed E-state index contributed by atoms with van der Waals surface area (Å²) in [6.07, 6.45) is 2.63. The Bertz CT molecular complexity index is 1220. The summed E-state index contributed by atoms with van der Waals surface area (Å²) in [6, 6.07) is 12.7. The molecule has 0 aliphatic carbocycles. The van der Waals surface area contributed by atoms with Crippen molar-refractivity contribution in [3.63, 3.8) is 0 Å². The van der Waals surface area contributed by atoms with Crippen LogP contribution in [0.4, 0.5) is 5.95 Å². The van der Waals surface area contributed by atoms with E-state index < -0.39 is 5.56 Å². The predicted octanol–water partition coefficient (Wildman–Crippen LogP) is 2.82. The summed E-state index contributed by atoms with van der Waals surface area (Å²) in [6.45, 7) is 0.521. The van der Waals surface area contributed by atoms with Crippen LogP contribution in [0.25, 0.3) is 22.2 Å². The molecule has 2 heterocycles. The average Bonchev–Trinajstić information content (AvgIpc) is 3.13. The fraction of sp³-hybridized carbons (Fsp3) is 0.150. The highest BCUT2D eigenvalue weighted by Gasteiger charge is 2.12. The van der Waals surface area contributed by atoms with Gasteiger partial charge in [-0.25, -0.2) is 0 Å². The van der Waals surface area contributed by atoms with Gasteiger partial charge in [0.2, 0.25) is 5.95 Å². The largest absolute Gasteiger partial charge is 0.497 e. The first kappa shape index (κ1) is 18.8. The third kappa shape index (κ3) is 3.74. The molecule has 29 heavy (non-hydrogen) atoms. The van der Waals surface area contributed by atoms with Crippen LogP contribution in [0.5, 0.6) is 5.75 Å². The molecule has 0 radical (unpaired) electrons. The summed E-state index contributed by atoms with van der Waals surface area (Å²) in [5, 5.41) is 12.9. The van der Waals surface area contributed by atoms with Crippen LogP contribution < -0.4 is 21.5 Å². The first-order valence-electron chi connectivity index (χ1n) is 8.95. The fourth-order valence-corrected chi connectivity index (χ4v) is 3.29. The van der Waals surface area contributed by atoms with Crippen molar-refractivity contribution in [2.24, 2.45) is 0 Å². The fourth-order valence-electron chi connectivity index (χ4n) is 3.12. The Labute approximate surface area is 171 Å². The molecule has 0 aliphatic rings. The number of nitrogens with two attached hydrogens (primary N) is 1. The van der Waals surface area contributed by atoms with Crippen LogP contribution in [-0.2, 0) is 6.42 Å². The average molecular weight is 411 g/mol. The number of hydrogen-bond acceptors (Lipinski definition) is 6. The minimum Gasteiger partial charge on any atom is -0.497 e. The maximum atomic E-state index is 12.6. The Hall–Kier alpha value is -3.52. The second-order valence-corrected chi connectivity index (χ2v) is 6.89. The molecule has 0 bridgehead atoms. The Morgan fingerprint density at radius 1 is 1.21 bits per heavy atom. The lowest BCUT2D eigenvalue weighted by Crippen LogP contribution is -2.33. The number of nitrogen functional groups attached to an aromatic ring is 1. The molecule has 0 saturated heterocycles. The van der Waals surface area contributed by atoms with Crippen molar-refractivity contribution in [1.29, 1.82) is 0 Å². The lowest BCUT2D eigenvalue weighted by molar-refractivity contribution is 0.415. The smallest absolute Gasteiger partial charge is 0.300 e. The van der Waals surface area contributed by atoms with Crippen LogP contribution in [0.2, 0.25) is 5.02 Å². The zero-order valence-electron chi connectivity index (χ0n) is 15.6. The van der Waals surface area contributed by atoms with E-state index in [1.165, 1.54) is 0 Å². The molecular weight excluding hydrogens is 392 g/mol. The standard InChI is InChI=1S/C20H19ClN6O2/c1-29-15-5-2-12(3-6-15)18-19(28)27(22)20(26-25-18)23-9-8-13-11-24-17-7-4-14(21)10-16(13)17/h2-7,10-11,24H,8-9,22H2,1H3,(H,23,26). The van der Waals surface area contributed by atoms with E-state index in [-0.39, 0.29) is 11.6 Å². The third-order valence-corrected chi connectivity index (χ3v) is 4.90. The molecule has 0 spiro atoms. The summed E-state index contributed by atoms with van der Waals surface area (Å²) in [5.74, 6) is 6.82. The number of aromatic amines is 1. The molecule has 0 saturated carbocycles. The SMILES string of the molecule is COc1ccc(-c2nnc(NCCc3c[nH]c4ccc(Cl)cc34)n(N)c2=O)cc1. The van der Waals surface area contributed by atoms with Crippen LogP contribution in [0.15, 0.2) is 53.5 Å². The molecule has 2 aromatic heterocycles. The first-order valence-corrected chi connectivity index (χ1v) is 9.33. The van der Waals surface area contributed by atoms with E-state index in [2.05, 4.69) is 20.5 Å². The molecule has 0 atom stereocenters. The second-order valence-electron chi connectivity index (χ2n) is 6.46. The van der Waals surface area contributed by atoms with E-state index in [9.17, 15) is 4.79 Å². The summed E-state index contributed by atoms with van der Waals surface area (Å²) < 4.78 is 6.09. The summed E-state index contributed by atoms with van der Waals surface area (Å²) in [5.41, 5.74) is 2.47. The van der Waals surface area contributed by atoms with Gasteiger partial charge in [0.15, 0.2) is 5.69 Å². The number of rotatable bonds is 6. The van der Waals surface area contributed by atoms with Gasteiger partial charge in [0.1, 0.15) is 5.75 Å². The first-order chi connectivity index (χ1) is 14.1. The van der Waals surface area contributed by atoms with Crippen molar-refractivity contribution in [3.05, 3.63) is 69.6 Å². The van der Waals surface area contributed by atoms with Gasteiger partial charge in [-0.05, 0) is 54.4 Å². The van der Waals surface area contributed by atoms with Gasteiger partial charge in [0.25, 0.3) is 5.56 Å². The highest BCUT2D eigenvalue weighted by molar-refractivity contribution is 6.31. The number of hydrogen-bond donors (Lipinski definition) is 3.